The van der Waals surface area contributed by atoms with E-state index in [1.807, 2.05) is 12.1 Å². The van der Waals surface area contributed by atoms with Crippen molar-refractivity contribution in [3.63, 3.8) is 0 Å². The number of amides is 3. The molecule has 0 spiro atoms. The van der Waals surface area contributed by atoms with Gasteiger partial charge in [0, 0.05) is 10.7 Å². The van der Waals surface area contributed by atoms with Crippen molar-refractivity contribution in [3.8, 4) is 0 Å². The molecule has 0 atom stereocenters. The van der Waals surface area contributed by atoms with E-state index in [0.717, 1.165) is 4.70 Å². The van der Waals surface area contributed by atoms with E-state index in [1.165, 1.54) is 16.2 Å². The number of aliphatic imine (C=N–C) groups is 1. The molecular weight excluding hydrogens is 638 g/mol. The highest BCUT2D eigenvalue weighted by Crippen LogP contribution is 2.40. The van der Waals surface area contributed by atoms with Crippen LogP contribution in [0, 0.1) is 6.57 Å². The molecule has 0 unspecified atom stereocenters. The monoisotopic (exact) mass is 669 g/mol. The number of hydrogen-bond acceptors (Lipinski definition) is 8. The Morgan fingerprint density at radius 1 is 1.07 bits per heavy atom. The molecule has 15 heteroatoms. The molecule has 0 bridgehead atoms. The number of rotatable bonds is 3. The second-order valence-electron chi connectivity index (χ2n) is 12.4. The van der Waals surface area contributed by atoms with Gasteiger partial charge in [-0.3, -0.25) is 15.0 Å². The first kappa shape index (κ1) is 33.6. The number of carbonyl (C=O) groups excluding carboxylic acids is 3. The molecule has 1 fully saturated rings. The number of ether oxygens (including phenoxy) is 2. The lowest BCUT2D eigenvalue weighted by molar-refractivity contribution is -0.120. The van der Waals surface area contributed by atoms with E-state index in [2.05, 4.69) is 25.5 Å². The van der Waals surface area contributed by atoms with Crippen molar-refractivity contribution < 1.29 is 23.9 Å². The zero-order valence-electron chi connectivity index (χ0n) is 25.9. The van der Waals surface area contributed by atoms with Gasteiger partial charge in [0.25, 0.3) is 5.91 Å². The third-order valence-electron chi connectivity index (χ3n) is 6.05. The fourth-order valence-electron chi connectivity index (χ4n) is 4.25. The molecule has 236 valence electrons. The fraction of sp³-hybridized carbons (Fsp3) is 0.367. The third kappa shape index (κ3) is 7.67. The van der Waals surface area contributed by atoms with Crippen molar-refractivity contribution in [3.05, 3.63) is 52.8 Å². The number of halogens is 1. The number of carbonyl (C=O) groups is 3. The maximum Gasteiger partial charge on any atom is 0.437 e. The number of hydrogen-bond donors (Lipinski definition) is 2. The van der Waals surface area contributed by atoms with E-state index in [-0.39, 0.29) is 27.7 Å². The van der Waals surface area contributed by atoms with Crippen molar-refractivity contribution in [2.75, 3.05) is 15.1 Å². The van der Waals surface area contributed by atoms with Crippen molar-refractivity contribution in [1.29, 1.82) is 0 Å². The first-order chi connectivity index (χ1) is 20.8. The summed E-state index contributed by atoms with van der Waals surface area (Å²) in [4.78, 5) is 53.5. The SMILES string of the molecule is [C-]#[N+]c1ccc(N2C(=O)C(C)(C)N(c3ccc4sc(N/C(=N/C(=O)OC(C)(C)C)NC(=O)OC(C)(C)C)nc4c3)C2=S)cc1Cl. The van der Waals surface area contributed by atoms with Crippen LogP contribution in [0.25, 0.3) is 15.1 Å². The van der Waals surface area contributed by atoms with E-state index in [1.54, 1.807) is 84.6 Å². The Balaban J connectivity index is 1.64. The molecule has 2 heterocycles. The first-order valence-electron chi connectivity index (χ1n) is 13.6. The van der Waals surface area contributed by atoms with Crippen LogP contribution < -0.4 is 20.4 Å². The van der Waals surface area contributed by atoms with Crippen molar-refractivity contribution in [2.45, 2.75) is 72.1 Å². The number of aromatic nitrogens is 1. The van der Waals surface area contributed by atoms with Gasteiger partial charge in [-0.15, -0.1) is 4.99 Å². The molecule has 1 aliphatic rings. The van der Waals surface area contributed by atoms with Crippen LogP contribution in [0.3, 0.4) is 0 Å². The molecule has 1 saturated heterocycles. The zero-order chi connectivity index (χ0) is 33.5. The third-order valence-corrected chi connectivity index (χ3v) is 7.67. The predicted molar refractivity (Wildman–Crippen MR) is 181 cm³/mol. The number of nitrogens with one attached hydrogen (secondary N) is 2. The Kier molecular flexibility index (Phi) is 9.12. The van der Waals surface area contributed by atoms with Gasteiger partial charge in [-0.25, -0.2) is 19.4 Å². The molecule has 0 aliphatic carbocycles. The number of anilines is 3. The Bertz CT molecular complexity index is 1780. The fourth-order valence-corrected chi connectivity index (χ4v) is 5.84. The standard InChI is InChI=1S/C30H32ClN7O5S2/c1-28(2,3)42-25(40)35-23(36-26(41)43-29(4,5)6)34-24-33-20-15-17(11-13-21(20)45-24)38-27(44)37(22(39)30(38,7)8)16-10-12-19(32-9)18(31)14-16/h10-15H,1-8H3,(H2,33,34,35,36,40,41). The Labute approximate surface area is 275 Å². The van der Waals surface area contributed by atoms with Crippen LogP contribution >= 0.6 is 35.2 Å². The van der Waals surface area contributed by atoms with Gasteiger partial charge in [0.1, 0.15) is 16.7 Å². The average Bonchev–Trinajstić information content (AvgIpc) is 3.35. The Hall–Kier alpha value is -4.32. The molecule has 2 N–H and O–H groups in total. The van der Waals surface area contributed by atoms with Crippen LogP contribution in [0.4, 0.5) is 31.8 Å². The van der Waals surface area contributed by atoms with Crippen LogP contribution in [0.5, 0.6) is 0 Å². The van der Waals surface area contributed by atoms with E-state index in [4.69, 9.17) is 39.9 Å². The number of nitrogens with zero attached hydrogens (tertiary/aromatic N) is 5. The lowest BCUT2D eigenvalue weighted by Crippen LogP contribution is -2.44. The quantitative estimate of drug-likeness (QED) is 0.125. The van der Waals surface area contributed by atoms with Gasteiger partial charge < -0.3 is 19.7 Å². The summed E-state index contributed by atoms with van der Waals surface area (Å²) >= 11 is 13.3. The molecule has 0 saturated carbocycles. The minimum atomic E-state index is -1.06. The van der Waals surface area contributed by atoms with Crippen molar-refractivity contribution in [2.24, 2.45) is 4.99 Å². The first-order valence-corrected chi connectivity index (χ1v) is 15.2. The molecule has 12 nitrogen and oxygen atoms in total. The maximum atomic E-state index is 13.6. The average molecular weight is 670 g/mol. The molecule has 3 amide bonds. The highest BCUT2D eigenvalue weighted by Gasteiger charge is 2.50. The van der Waals surface area contributed by atoms with E-state index in [0.29, 0.717) is 22.0 Å². The zero-order valence-corrected chi connectivity index (χ0v) is 28.3. The van der Waals surface area contributed by atoms with E-state index >= 15 is 0 Å². The highest BCUT2D eigenvalue weighted by atomic mass is 35.5. The summed E-state index contributed by atoms with van der Waals surface area (Å²) in [5.41, 5.74) is -0.759. The molecule has 1 aliphatic heterocycles. The predicted octanol–water partition coefficient (Wildman–Crippen LogP) is 7.64. The Morgan fingerprint density at radius 2 is 1.71 bits per heavy atom. The van der Waals surface area contributed by atoms with Crippen LogP contribution in [-0.4, -0.2) is 50.9 Å². The summed E-state index contributed by atoms with van der Waals surface area (Å²) in [5, 5.41) is 6.08. The lowest BCUT2D eigenvalue weighted by atomic mass is 10.0. The second-order valence-corrected chi connectivity index (χ2v) is 14.2. The summed E-state index contributed by atoms with van der Waals surface area (Å²) in [6.07, 6.45) is -1.75. The molecule has 1 aromatic heterocycles. The normalized spacial score (nSPS) is 15.2. The highest BCUT2D eigenvalue weighted by molar-refractivity contribution is 7.81. The van der Waals surface area contributed by atoms with Gasteiger partial charge in [0.05, 0.1) is 22.5 Å². The maximum absolute atomic E-state index is 13.6. The van der Waals surface area contributed by atoms with Crippen LogP contribution in [-0.2, 0) is 14.3 Å². The number of benzene rings is 2. The molecule has 4 rings (SSSR count). The lowest BCUT2D eigenvalue weighted by Gasteiger charge is -2.29. The molecule has 0 radical (unpaired) electrons. The van der Waals surface area contributed by atoms with Gasteiger partial charge in [0.2, 0.25) is 11.6 Å². The molecule has 3 aromatic rings. The van der Waals surface area contributed by atoms with Gasteiger partial charge >= 0.3 is 12.2 Å². The minimum absolute atomic E-state index is 0.217. The number of alkyl carbamates (subject to hydrolysis) is 1. The van der Waals surface area contributed by atoms with Gasteiger partial charge in [-0.05, 0) is 97.9 Å². The minimum Gasteiger partial charge on any atom is -0.444 e. The molecule has 45 heavy (non-hydrogen) atoms. The van der Waals surface area contributed by atoms with Crippen molar-refractivity contribution >= 4 is 96.7 Å². The summed E-state index contributed by atoms with van der Waals surface area (Å²) < 4.78 is 11.3. The second kappa shape index (κ2) is 12.2. The van der Waals surface area contributed by atoms with Gasteiger partial charge in [-0.1, -0.05) is 29.0 Å². The van der Waals surface area contributed by atoms with E-state index < -0.39 is 28.9 Å². The number of guanidine groups is 1. The smallest absolute Gasteiger partial charge is 0.437 e. The Morgan fingerprint density at radius 3 is 2.31 bits per heavy atom. The van der Waals surface area contributed by atoms with Crippen molar-refractivity contribution in [1.82, 2.24) is 10.3 Å². The molecular formula is C30H32ClN7O5S2. The van der Waals surface area contributed by atoms with Crippen LogP contribution in [0.15, 0.2) is 41.4 Å². The summed E-state index contributed by atoms with van der Waals surface area (Å²) in [5.74, 6) is -0.500. The number of thiocarbonyl (C=S) groups is 1. The van der Waals surface area contributed by atoms with Crippen LogP contribution in [0.2, 0.25) is 5.02 Å². The summed E-state index contributed by atoms with van der Waals surface area (Å²) in [7, 11) is 0. The van der Waals surface area contributed by atoms with E-state index in [9.17, 15) is 14.4 Å². The number of thiazole rings is 1. The summed E-state index contributed by atoms with van der Waals surface area (Å²) in [6.45, 7) is 21.0. The molecule has 2 aromatic carbocycles. The largest absolute Gasteiger partial charge is 0.444 e. The van der Waals surface area contributed by atoms with Gasteiger partial charge in [-0.2, -0.15) is 0 Å². The van der Waals surface area contributed by atoms with Crippen LogP contribution in [0.1, 0.15) is 55.4 Å². The number of fused-ring (bicyclic) bond motifs is 1. The summed E-state index contributed by atoms with van der Waals surface area (Å²) in [6, 6.07) is 10.1. The van der Waals surface area contributed by atoms with Gasteiger partial charge in [0.15, 0.2) is 10.2 Å². The topological polar surface area (TPSA) is 130 Å².